The van der Waals surface area contributed by atoms with Gasteiger partial charge in [0.1, 0.15) is 12.1 Å². The fraction of sp³-hybridized carbons (Fsp3) is 0.571. The van der Waals surface area contributed by atoms with Crippen LogP contribution in [0.25, 0.3) is 0 Å². The number of methoxy groups -OCH3 is 1. The van der Waals surface area contributed by atoms with E-state index in [1.807, 2.05) is 0 Å². The smallest absolute Gasteiger partial charge is 0.383 e. The van der Waals surface area contributed by atoms with E-state index in [0.717, 1.165) is 6.07 Å². The van der Waals surface area contributed by atoms with Crippen LogP contribution in [0.1, 0.15) is 11.5 Å². The molecular weight excluding hydrogens is 339 g/mol. The molecule has 0 aliphatic carbocycles. The highest BCUT2D eigenvalue weighted by atomic mass is 19.4. The van der Waals surface area contributed by atoms with Crippen LogP contribution < -0.4 is 9.80 Å². The lowest BCUT2D eigenvalue weighted by atomic mass is 10.3. The molecule has 25 heavy (non-hydrogen) atoms. The highest BCUT2D eigenvalue weighted by Crippen LogP contribution is 2.31. The third-order valence-corrected chi connectivity index (χ3v) is 3.39. The molecule has 0 spiro atoms. The summed E-state index contributed by atoms with van der Waals surface area (Å²) in [4.78, 5) is 10.7. The van der Waals surface area contributed by atoms with E-state index in [2.05, 4.69) is 20.2 Å². The predicted octanol–water partition coefficient (Wildman–Crippen LogP) is 1.44. The number of halogens is 3. The van der Waals surface area contributed by atoms with Gasteiger partial charge in [-0.15, -0.1) is 10.2 Å². The highest BCUT2D eigenvalue weighted by Gasteiger charge is 2.34. The Bertz CT molecular complexity index is 702. The predicted molar refractivity (Wildman–Crippen MR) is 85.4 cm³/mol. The number of aromatic nitrogens is 5. The van der Waals surface area contributed by atoms with Gasteiger partial charge in [0, 0.05) is 40.9 Å². The largest absolute Gasteiger partial charge is 0.433 e. The van der Waals surface area contributed by atoms with E-state index in [1.54, 1.807) is 44.0 Å². The van der Waals surface area contributed by atoms with E-state index in [-0.39, 0.29) is 18.3 Å². The molecule has 0 aliphatic heterocycles. The van der Waals surface area contributed by atoms with Gasteiger partial charge in [0.05, 0.1) is 13.2 Å². The number of hydrogen-bond donors (Lipinski definition) is 0. The van der Waals surface area contributed by atoms with Crippen LogP contribution >= 0.6 is 0 Å². The molecule has 0 amide bonds. The van der Waals surface area contributed by atoms with Gasteiger partial charge in [0.2, 0.25) is 5.95 Å². The van der Waals surface area contributed by atoms with Crippen molar-refractivity contribution in [3.05, 3.63) is 23.9 Å². The molecule has 0 saturated heterocycles. The maximum atomic E-state index is 13.1. The van der Waals surface area contributed by atoms with E-state index in [9.17, 15) is 13.2 Å². The van der Waals surface area contributed by atoms with Gasteiger partial charge < -0.3 is 19.1 Å². The van der Waals surface area contributed by atoms with Crippen molar-refractivity contribution < 1.29 is 17.9 Å². The summed E-state index contributed by atoms with van der Waals surface area (Å²) in [6, 6.07) is 0.920. The van der Waals surface area contributed by atoms with Gasteiger partial charge in [0.15, 0.2) is 11.5 Å². The molecule has 0 radical (unpaired) electrons. The van der Waals surface area contributed by atoms with Crippen molar-refractivity contribution in [3.8, 4) is 0 Å². The summed E-state index contributed by atoms with van der Waals surface area (Å²) in [6.45, 7) is 1.27. The third kappa shape index (κ3) is 4.78. The number of anilines is 2. The van der Waals surface area contributed by atoms with E-state index in [4.69, 9.17) is 4.74 Å². The first kappa shape index (κ1) is 18.9. The van der Waals surface area contributed by atoms with Crippen LogP contribution in [0.2, 0.25) is 0 Å². The average Bonchev–Trinajstić information content (AvgIpc) is 2.98. The molecule has 0 aliphatic rings. The summed E-state index contributed by atoms with van der Waals surface area (Å²) in [5.41, 5.74) is -0.992. The number of rotatable bonds is 7. The van der Waals surface area contributed by atoms with Gasteiger partial charge in [-0.3, -0.25) is 0 Å². The van der Waals surface area contributed by atoms with Crippen LogP contribution in [0.15, 0.2) is 12.4 Å². The average molecular weight is 359 g/mol. The van der Waals surface area contributed by atoms with Crippen molar-refractivity contribution in [2.24, 2.45) is 0 Å². The molecule has 0 unspecified atom stereocenters. The normalized spacial score (nSPS) is 11.6. The maximum Gasteiger partial charge on any atom is 0.433 e. The van der Waals surface area contributed by atoms with Crippen molar-refractivity contribution in [2.45, 2.75) is 19.3 Å². The Hall–Kier alpha value is -2.43. The van der Waals surface area contributed by atoms with E-state index < -0.39 is 11.9 Å². The van der Waals surface area contributed by atoms with Crippen molar-refractivity contribution in [2.75, 3.05) is 44.7 Å². The maximum absolute atomic E-state index is 13.1. The molecule has 0 fully saturated rings. The van der Waals surface area contributed by atoms with Gasteiger partial charge >= 0.3 is 6.18 Å². The first-order valence-electron chi connectivity index (χ1n) is 7.42. The Morgan fingerprint density at radius 3 is 2.52 bits per heavy atom. The zero-order chi connectivity index (χ0) is 18.6. The molecule has 0 saturated carbocycles. The molecule has 0 N–H and O–H groups in total. The topological polar surface area (TPSA) is 72.2 Å². The van der Waals surface area contributed by atoms with Crippen LogP contribution in [0.5, 0.6) is 0 Å². The third-order valence-electron chi connectivity index (χ3n) is 3.39. The van der Waals surface area contributed by atoms with Gasteiger partial charge in [-0.25, -0.2) is 4.98 Å². The lowest BCUT2D eigenvalue weighted by Gasteiger charge is -2.21. The Balaban J connectivity index is 2.28. The van der Waals surface area contributed by atoms with E-state index in [0.29, 0.717) is 19.0 Å². The van der Waals surface area contributed by atoms with E-state index >= 15 is 0 Å². The molecule has 2 aromatic heterocycles. The number of ether oxygens (including phenoxy) is 1. The summed E-state index contributed by atoms with van der Waals surface area (Å²) in [7, 11) is 6.39. The van der Waals surface area contributed by atoms with Gasteiger partial charge in [0.25, 0.3) is 0 Å². The molecule has 2 rings (SSSR count). The summed E-state index contributed by atoms with van der Waals surface area (Å²) in [5, 5.41) is 7.84. The standard InChI is InChI=1S/C14H20F3N7O/c1-22(2)13-19-10(14(15,16)17)7-11(20-13)23(3)8-12-21-18-9-24(12)5-6-25-4/h7,9H,5-6,8H2,1-4H3. The van der Waals surface area contributed by atoms with Crippen molar-refractivity contribution in [3.63, 3.8) is 0 Å². The summed E-state index contributed by atoms with van der Waals surface area (Å²) < 4.78 is 46.1. The molecule has 0 aromatic carbocycles. The lowest BCUT2D eigenvalue weighted by Crippen LogP contribution is -2.24. The van der Waals surface area contributed by atoms with Crippen LogP contribution in [0.3, 0.4) is 0 Å². The minimum Gasteiger partial charge on any atom is -0.383 e. The second-order valence-corrected chi connectivity index (χ2v) is 5.59. The zero-order valence-corrected chi connectivity index (χ0v) is 14.4. The van der Waals surface area contributed by atoms with Crippen molar-refractivity contribution >= 4 is 11.8 Å². The van der Waals surface area contributed by atoms with Crippen LogP contribution in [-0.4, -0.2) is 59.6 Å². The lowest BCUT2D eigenvalue weighted by molar-refractivity contribution is -0.141. The SMILES string of the molecule is COCCn1cnnc1CN(C)c1cc(C(F)(F)F)nc(N(C)C)n1. The van der Waals surface area contributed by atoms with Crippen LogP contribution in [0.4, 0.5) is 24.9 Å². The molecule has 2 aromatic rings. The Labute approximate surface area is 143 Å². The minimum absolute atomic E-state index is 0.0162. The Morgan fingerprint density at radius 1 is 1.20 bits per heavy atom. The summed E-state index contributed by atoms with van der Waals surface area (Å²) >= 11 is 0. The first-order valence-corrected chi connectivity index (χ1v) is 7.42. The molecule has 2 heterocycles. The Morgan fingerprint density at radius 2 is 1.92 bits per heavy atom. The second-order valence-electron chi connectivity index (χ2n) is 5.59. The number of nitrogens with zero attached hydrogens (tertiary/aromatic N) is 7. The summed E-state index contributed by atoms with van der Waals surface area (Å²) in [6.07, 6.45) is -3.00. The quantitative estimate of drug-likeness (QED) is 0.741. The summed E-state index contributed by atoms with van der Waals surface area (Å²) in [5.74, 6) is 0.725. The number of hydrogen-bond acceptors (Lipinski definition) is 7. The highest BCUT2D eigenvalue weighted by molar-refractivity contribution is 5.45. The fourth-order valence-electron chi connectivity index (χ4n) is 2.03. The van der Waals surface area contributed by atoms with Crippen molar-refractivity contribution in [1.82, 2.24) is 24.7 Å². The molecule has 11 heteroatoms. The molecule has 0 bridgehead atoms. The monoisotopic (exact) mass is 359 g/mol. The van der Waals surface area contributed by atoms with Gasteiger partial charge in [-0.1, -0.05) is 0 Å². The fourth-order valence-corrected chi connectivity index (χ4v) is 2.03. The van der Waals surface area contributed by atoms with Crippen LogP contribution in [-0.2, 0) is 24.0 Å². The molecular formula is C14H20F3N7O. The molecule has 138 valence electrons. The van der Waals surface area contributed by atoms with Crippen LogP contribution in [0, 0.1) is 0 Å². The van der Waals surface area contributed by atoms with E-state index in [1.165, 1.54) is 4.90 Å². The molecule has 8 nitrogen and oxygen atoms in total. The van der Waals surface area contributed by atoms with Gasteiger partial charge in [-0.05, 0) is 0 Å². The minimum atomic E-state index is -4.55. The number of alkyl halides is 3. The molecule has 0 atom stereocenters. The van der Waals surface area contributed by atoms with Gasteiger partial charge in [-0.2, -0.15) is 18.2 Å². The zero-order valence-electron chi connectivity index (χ0n) is 14.4. The first-order chi connectivity index (χ1) is 11.7. The van der Waals surface area contributed by atoms with Crippen molar-refractivity contribution in [1.29, 1.82) is 0 Å². The second kappa shape index (κ2) is 7.64. The Kier molecular flexibility index (Phi) is 5.77.